The fraction of sp³-hybridized carbons (Fsp3) is 0.857. The third kappa shape index (κ3) is 13.1. The van der Waals surface area contributed by atoms with E-state index in [0.29, 0.717) is 6.42 Å². The molecule has 0 rings (SSSR count). The van der Waals surface area contributed by atoms with Crippen molar-refractivity contribution in [2.45, 2.75) is 91.1 Å². The predicted octanol–water partition coefficient (Wildman–Crippen LogP) is 3.43. The lowest BCUT2D eigenvalue weighted by molar-refractivity contribution is -0.931. The average Bonchev–Trinajstić information content (AvgIpc) is 2.58. The molecule has 0 aliphatic heterocycles. The van der Waals surface area contributed by atoms with Gasteiger partial charge >= 0.3 is 0 Å². The summed E-state index contributed by atoms with van der Waals surface area (Å²) in [4.78, 5) is 10.7. The summed E-state index contributed by atoms with van der Waals surface area (Å²) in [6.45, 7) is 10.4. The van der Waals surface area contributed by atoms with Gasteiger partial charge in [-0.05, 0) is 58.3 Å². The first-order chi connectivity index (χ1) is 12.0. The van der Waals surface area contributed by atoms with Crippen LogP contribution in [0.25, 0.3) is 0 Å². The normalized spacial score (nSPS) is 13.4. The lowest BCUT2D eigenvalue weighted by Crippen LogP contribution is -2.54. The number of aliphatic carboxylic acids is 1. The zero-order valence-electron chi connectivity index (χ0n) is 16.8. The van der Waals surface area contributed by atoms with Gasteiger partial charge in [-0.15, -0.1) is 0 Å². The monoisotopic (exact) mass is 355 g/mol. The number of allylic oxidation sites excluding steroid dienone is 2. The second kappa shape index (κ2) is 15.4. The molecule has 1 N–H and O–H groups in total. The van der Waals surface area contributed by atoms with Gasteiger partial charge < -0.3 is 19.5 Å². The van der Waals surface area contributed by atoms with E-state index < -0.39 is 5.97 Å². The fourth-order valence-corrected chi connectivity index (χ4v) is 3.49. The number of quaternary nitrogens is 1. The smallest absolute Gasteiger partial charge is 0.105 e. The van der Waals surface area contributed by atoms with Crippen molar-refractivity contribution in [1.82, 2.24) is 0 Å². The van der Waals surface area contributed by atoms with Crippen molar-refractivity contribution in [3.63, 3.8) is 0 Å². The van der Waals surface area contributed by atoms with Crippen molar-refractivity contribution in [2.24, 2.45) is 0 Å². The molecular weight excluding hydrogens is 314 g/mol. The van der Waals surface area contributed by atoms with E-state index in [1.807, 2.05) is 6.92 Å². The van der Waals surface area contributed by atoms with E-state index in [-0.39, 0.29) is 12.5 Å². The molecule has 0 saturated carbocycles. The van der Waals surface area contributed by atoms with E-state index in [2.05, 4.69) is 26.0 Å². The van der Waals surface area contributed by atoms with Gasteiger partial charge in [-0.25, -0.2) is 0 Å². The minimum absolute atomic E-state index is 0.146. The summed E-state index contributed by atoms with van der Waals surface area (Å²) >= 11 is 0. The van der Waals surface area contributed by atoms with Crippen LogP contribution in [-0.2, 0) is 4.79 Å². The number of aliphatic hydroxyl groups is 1. The molecule has 4 nitrogen and oxygen atoms in total. The van der Waals surface area contributed by atoms with Crippen LogP contribution in [0.1, 0.15) is 85.0 Å². The van der Waals surface area contributed by atoms with Crippen LogP contribution >= 0.6 is 0 Å². The van der Waals surface area contributed by atoms with Crippen molar-refractivity contribution < 1.29 is 19.5 Å². The highest BCUT2D eigenvalue weighted by Crippen LogP contribution is 2.18. The minimum atomic E-state index is -0.954. The third-order valence-corrected chi connectivity index (χ3v) is 4.98. The van der Waals surface area contributed by atoms with Gasteiger partial charge in [0.1, 0.15) is 12.6 Å². The quantitative estimate of drug-likeness (QED) is 0.247. The number of rotatable bonds is 17. The standard InChI is InChI=1S/C21H41NO3/c1-4-7-10-11-14-20(23)19-22(16-8-5-2,17-9-6-3)18-13-12-15-21(24)25/h4,7,20,23H,5-6,8-19H2,1-3H3/b7-4+. The zero-order chi connectivity index (χ0) is 19.0. The zero-order valence-corrected chi connectivity index (χ0v) is 16.8. The van der Waals surface area contributed by atoms with Crippen molar-refractivity contribution in [2.75, 3.05) is 26.2 Å². The summed E-state index contributed by atoms with van der Waals surface area (Å²) in [6.07, 6.45) is 13.2. The van der Waals surface area contributed by atoms with Crippen molar-refractivity contribution in [3.05, 3.63) is 12.2 Å². The lowest BCUT2D eigenvalue weighted by Gasteiger charge is -2.40. The van der Waals surface area contributed by atoms with E-state index in [4.69, 9.17) is 0 Å². The first-order valence-corrected chi connectivity index (χ1v) is 10.3. The number of carboxylic acid groups (broad SMARTS) is 1. The summed E-state index contributed by atoms with van der Waals surface area (Å²) in [5.41, 5.74) is 0. The molecule has 0 spiro atoms. The van der Waals surface area contributed by atoms with E-state index in [9.17, 15) is 15.0 Å². The van der Waals surface area contributed by atoms with E-state index in [1.165, 1.54) is 0 Å². The number of unbranched alkanes of at least 4 members (excludes halogenated alkanes) is 4. The fourth-order valence-electron chi connectivity index (χ4n) is 3.49. The Morgan fingerprint density at radius 2 is 1.64 bits per heavy atom. The molecule has 1 unspecified atom stereocenters. The van der Waals surface area contributed by atoms with Gasteiger partial charge in [0.15, 0.2) is 0 Å². The molecule has 0 aromatic carbocycles. The Balaban J connectivity index is 4.74. The van der Waals surface area contributed by atoms with E-state index in [1.54, 1.807) is 0 Å². The summed E-state index contributed by atoms with van der Waals surface area (Å²) in [6, 6.07) is 0. The molecule has 0 saturated heterocycles. The molecule has 0 amide bonds. The Kier molecular flexibility index (Phi) is 14.9. The summed E-state index contributed by atoms with van der Waals surface area (Å²) in [5.74, 6) is -0.954. The summed E-state index contributed by atoms with van der Waals surface area (Å²) < 4.78 is 0.944. The second-order valence-electron chi connectivity index (χ2n) is 7.39. The first-order valence-electron chi connectivity index (χ1n) is 10.3. The Morgan fingerprint density at radius 1 is 1.04 bits per heavy atom. The lowest BCUT2D eigenvalue weighted by atomic mass is 10.1. The van der Waals surface area contributed by atoms with Crippen LogP contribution in [0, 0.1) is 0 Å². The third-order valence-electron chi connectivity index (χ3n) is 4.98. The van der Waals surface area contributed by atoms with Gasteiger partial charge in [-0.2, -0.15) is 0 Å². The highest BCUT2D eigenvalue weighted by atomic mass is 16.4. The SMILES string of the molecule is C/C=C/CCCC(O)C[N+](CCCC)(CCCC)CCCCC(=O)[O-]. The van der Waals surface area contributed by atoms with Crippen LogP contribution in [0.15, 0.2) is 12.2 Å². The van der Waals surface area contributed by atoms with Crippen LogP contribution in [0.3, 0.4) is 0 Å². The Bertz CT molecular complexity index is 347. The molecule has 25 heavy (non-hydrogen) atoms. The molecule has 0 aliphatic rings. The first kappa shape index (κ1) is 24.1. The number of hydrogen-bond acceptors (Lipinski definition) is 3. The number of carbonyl (C=O) groups is 1. The number of aliphatic hydroxyl groups excluding tert-OH is 1. The predicted molar refractivity (Wildman–Crippen MR) is 103 cm³/mol. The molecule has 0 aromatic heterocycles. The molecule has 148 valence electrons. The maximum Gasteiger partial charge on any atom is 0.105 e. The Labute approximate surface area is 155 Å². The van der Waals surface area contributed by atoms with Gasteiger partial charge in [0, 0.05) is 5.97 Å². The van der Waals surface area contributed by atoms with Crippen molar-refractivity contribution in [3.8, 4) is 0 Å². The second-order valence-corrected chi connectivity index (χ2v) is 7.39. The van der Waals surface area contributed by atoms with Gasteiger partial charge in [-0.3, -0.25) is 0 Å². The number of carboxylic acids is 1. The highest BCUT2D eigenvalue weighted by molar-refractivity contribution is 5.64. The van der Waals surface area contributed by atoms with Crippen molar-refractivity contribution >= 4 is 5.97 Å². The van der Waals surface area contributed by atoms with Crippen molar-refractivity contribution in [1.29, 1.82) is 0 Å². The molecule has 0 bridgehead atoms. The highest BCUT2D eigenvalue weighted by Gasteiger charge is 2.28. The van der Waals surface area contributed by atoms with Gasteiger partial charge in [0.25, 0.3) is 0 Å². The summed E-state index contributed by atoms with van der Waals surface area (Å²) in [5, 5.41) is 21.2. The number of carbonyl (C=O) groups excluding carboxylic acids is 1. The van der Waals surface area contributed by atoms with Crippen LogP contribution in [-0.4, -0.2) is 47.8 Å². The number of nitrogens with zero attached hydrogens (tertiary/aromatic N) is 1. The molecule has 0 radical (unpaired) electrons. The van der Waals surface area contributed by atoms with Gasteiger partial charge in [-0.1, -0.05) is 38.8 Å². The average molecular weight is 356 g/mol. The van der Waals surface area contributed by atoms with E-state index in [0.717, 1.165) is 82.0 Å². The van der Waals surface area contributed by atoms with Crippen LogP contribution in [0.5, 0.6) is 0 Å². The molecular formula is C21H41NO3. The van der Waals surface area contributed by atoms with Crippen LogP contribution in [0.2, 0.25) is 0 Å². The maximum absolute atomic E-state index is 10.7. The van der Waals surface area contributed by atoms with E-state index >= 15 is 0 Å². The molecule has 1 atom stereocenters. The minimum Gasteiger partial charge on any atom is -0.550 e. The van der Waals surface area contributed by atoms with Gasteiger partial charge in [0.2, 0.25) is 0 Å². The number of hydrogen-bond donors (Lipinski definition) is 1. The summed E-state index contributed by atoms with van der Waals surface area (Å²) in [7, 11) is 0. The molecule has 0 fully saturated rings. The molecule has 0 aromatic rings. The van der Waals surface area contributed by atoms with Gasteiger partial charge in [0.05, 0.1) is 19.6 Å². The Hall–Kier alpha value is -0.870. The van der Waals surface area contributed by atoms with Crippen LogP contribution < -0.4 is 5.11 Å². The van der Waals surface area contributed by atoms with Crippen LogP contribution in [0.4, 0.5) is 0 Å². The molecule has 4 heteroatoms. The Morgan fingerprint density at radius 3 is 2.16 bits per heavy atom. The largest absolute Gasteiger partial charge is 0.550 e. The molecule has 0 aliphatic carbocycles. The maximum atomic E-state index is 10.7. The molecule has 0 heterocycles. The topological polar surface area (TPSA) is 60.4 Å².